The predicted molar refractivity (Wildman–Crippen MR) is 95.1 cm³/mol. The fourth-order valence-corrected chi connectivity index (χ4v) is 2.78. The first-order valence-corrected chi connectivity index (χ1v) is 7.85. The number of nitrogens with zero attached hydrogens (tertiary/aromatic N) is 6. The molecule has 0 bridgehead atoms. The van der Waals surface area contributed by atoms with Gasteiger partial charge in [-0.05, 0) is 24.3 Å². The normalized spacial score (nSPS) is 11.2. The van der Waals surface area contributed by atoms with E-state index < -0.39 is 0 Å². The smallest absolute Gasteiger partial charge is 0.247 e. The first-order valence-electron chi connectivity index (χ1n) is 7.85. The van der Waals surface area contributed by atoms with Crippen LogP contribution < -0.4 is 5.32 Å². The van der Waals surface area contributed by atoms with E-state index in [1.54, 1.807) is 21.7 Å². The fraction of sp³-hybridized carbons (Fsp3) is 0. The molecule has 0 aliphatic rings. The molecule has 0 aliphatic carbocycles. The number of para-hydroxylation sites is 2. The molecule has 0 atom stereocenters. The summed E-state index contributed by atoms with van der Waals surface area (Å²) in [6, 6.07) is 19.7. The molecule has 5 rings (SSSR count). The average Bonchev–Trinajstić information content (AvgIpc) is 3.26. The monoisotopic (exact) mass is 327 g/mol. The van der Waals surface area contributed by atoms with Crippen molar-refractivity contribution < 1.29 is 0 Å². The summed E-state index contributed by atoms with van der Waals surface area (Å²) in [6.45, 7) is 0. The van der Waals surface area contributed by atoms with Gasteiger partial charge in [0.2, 0.25) is 5.95 Å². The van der Waals surface area contributed by atoms with Crippen molar-refractivity contribution >= 4 is 28.3 Å². The van der Waals surface area contributed by atoms with Crippen LogP contribution in [0.1, 0.15) is 0 Å². The largest absolute Gasteiger partial charge is 0.323 e. The zero-order valence-corrected chi connectivity index (χ0v) is 13.1. The third-order valence-electron chi connectivity index (χ3n) is 3.94. The van der Waals surface area contributed by atoms with Crippen molar-refractivity contribution in [3.63, 3.8) is 0 Å². The third kappa shape index (κ3) is 2.29. The molecule has 0 amide bonds. The molecule has 0 aliphatic heterocycles. The lowest BCUT2D eigenvalue weighted by Crippen LogP contribution is -1.98. The molecule has 120 valence electrons. The maximum Gasteiger partial charge on any atom is 0.247 e. The number of fused-ring (bicyclic) bond motifs is 3. The lowest BCUT2D eigenvalue weighted by Gasteiger charge is -2.01. The van der Waals surface area contributed by atoms with Gasteiger partial charge in [-0.2, -0.15) is 14.6 Å². The Labute approximate surface area is 142 Å². The summed E-state index contributed by atoms with van der Waals surface area (Å²) in [6.07, 6.45) is 3.42. The zero-order chi connectivity index (χ0) is 16.6. The van der Waals surface area contributed by atoms with Crippen molar-refractivity contribution in [1.29, 1.82) is 0 Å². The Bertz CT molecular complexity index is 1160. The first kappa shape index (κ1) is 13.7. The molecule has 7 nitrogen and oxygen atoms in total. The molecular formula is C18H13N7. The van der Waals surface area contributed by atoms with Crippen LogP contribution in [0.3, 0.4) is 0 Å². The van der Waals surface area contributed by atoms with Gasteiger partial charge in [-0.1, -0.05) is 36.4 Å². The van der Waals surface area contributed by atoms with Gasteiger partial charge >= 0.3 is 0 Å². The van der Waals surface area contributed by atoms with Crippen molar-refractivity contribution in [3.05, 3.63) is 73.2 Å². The van der Waals surface area contributed by atoms with Gasteiger partial charge in [0.25, 0.3) is 0 Å². The molecule has 0 fully saturated rings. The van der Waals surface area contributed by atoms with Crippen LogP contribution >= 0.6 is 0 Å². The van der Waals surface area contributed by atoms with Crippen LogP contribution in [0, 0.1) is 0 Å². The number of anilines is 2. The van der Waals surface area contributed by atoms with Crippen molar-refractivity contribution in [1.82, 2.24) is 29.4 Å². The second kappa shape index (κ2) is 5.41. The summed E-state index contributed by atoms with van der Waals surface area (Å²) in [5, 5.41) is 12.9. The van der Waals surface area contributed by atoms with Gasteiger partial charge in [-0.25, -0.2) is 9.67 Å². The Hall–Kier alpha value is -3.74. The minimum Gasteiger partial charge on any atom is -0.323 e. The molecule has 0 spiro atoms. The van der Waals surface area contributed by atoms with Gasteiger partial charge in [0.1, 0.15) is 6.33 Å². The van der Waals surface area contributed by atoms with E-state index in [9.17, 15) is 0 Å². The Kier molecular flexibility index (Phi) is 2.96. The van der Waals surface area contributed by atoms with Crippen LogP contribution in [0.15, 0.2) is 73.2 Å². The molecule has 0 radical (unpaired) electrons. The van der Waals surface area contributed by atoms with E-state index in [1.165, 1.54) is 0 Å². The van der Waals surface area contributed by atoms with Crippen molar-refractivity contribution in [2.24, 2.45) is 0 Å². The Morgan fingerprint density at radius 1 is 0.840 bits per heavy atom. The van der Waals surface area contributed by atoms with E-state index in [1.807, 2.05) is 60.7 Å². The number of hydrogen-bond acceptors (Lipinski definition) is 5. The van der Waals surface area contributed by atoms with Crippen LogP contribution in [0.25, 0.3) is 22.4 Å². The summed E-state index contributed by atoms with van der Waals surface area (Å²) in [4.78, 5) is 9.09. The number of nitrogens with one attached hydrogen (secondary N) is 1. The van der Waals surface area contributed by atoms with E-state index >= 15 is 0 Å². The SMILES string of the molecule is c1ccc(Nc2nc3c4cnn(-c5ccccc5)c4ncn3n2)cc1. The van der Waals surface area contributed by atoms with Crippen molar-refractivity contribution in [2.45, 2.75) is 0 Å². The van der Waals surface area contributed by atoms with Gasteiger partial charge in [-0.3, -0.25) is 0 Å². The zero-order valence-electron chi connectivity index (χ0n) is 13.1. The highest BCUT2D eigenvalue weighted by molar-refractivity contribution is 5.89. The molecule has 3 aromatic heterocycles. The van der Waals surface area contributed by atoms with Gasteiger partial charge in [0, 0.05) is 5.69 Å². The van der Waals surface area contributed by atoms with E-state index in [2.05, 4.69) is 25.5 Å². The molecule has 7 heteroatoms. The van der Waals surface area contributed by atoms with E-state index in [4.69, 9.17) is 0 Å². The van der Waals surface area contributed by atoms with Crippen LogP contribution in [-0.2, 0) is 0 Å². The number of rotatable bonds is 3. The number of benzene rings is 2. The molecule has 3 heterocycles. The lowest BCUT2D eigenvalue weighted by molar-refractivity contribution is 0.882. The van der Waals surface area contributed by atoms with Crippen molar-refractivity contribution in [3.8, 4) is 5.69 Å². The lowest BCUT2D eigenvalue weighted by atomic mass is 10.3. The van der Waals surface area contributed by atoms with Crippen LogP contribution in [0.2, 0.25) is 0 Å². The second-order valence-electron chi connectivity index (χ2n) is 5.57. The topological polar surface area (TPSA) is 72.9 Å². The van der Waals surface area contributed by atoms with Crippen molar-refractivity contribution in [2.75, 3.05) is 5.32 Å². The standard InChI is InChI=1S/C18H13N7/c1-3-7-13(8-4-1)21-18-22-17-15-11-20-25(14-9-5-2-6-10-14)16(15)19-12-24(17)23-18/h1-12H,(H,21,23). The Morgan fingerprint density at radius 2 is 1.60 bits per heavy atom. The highest BCUT2D eigenvalue weighted by Gasteiger charge is 2.13. The molecule has 0 unspecified atom stereocenters. The van der Waals surface area contributed by atoms with E-state index in [0.29, 0.717) is 11.6 Å². The van der Waals surface area contributed by atoms with Gasteiger partial charge in [-0.15, -0.1) is 5.10 Å². The van der Waals surface area contributed by atoms with Crippen LogP contribution in [-0.4, -0.2) is 29.4 Å². The second-order valence-corrected chi connectivity index (χ2v) is 5.57. The summed E-state index contributed by atoms with van der Waals surface area (Å²) >= 11 is 0. The highest BCUT2D eigenvalue weighted by atomic mass is 15.4. The number of aromatic nitrogens is 6. The molecular weight excluding hydrogens is 314 g/mol. The predicted octanol–water partition coefficient (Wildman–Crippen LogP) is 3.21. The number of hydrogen-bond donors (Lipinski definition) is 1. The maximum absolute atomic E-state index is 4.59. The Balaban J connectivity index is 1.62. The molecule has 0 saturated carbocycles. The fourth-order valence-electron chi connectivity index (χ4n) is 2.78. The third-order valence-corrected chi connectivity index (χ3v) is 3.94. The Morgan fingerprint density at radius 3 is 2.40 bits per heavy atom. The molecule has 1 N–H and O–H groups in total. The molecule has 2 aromatic carbocycles. The molecule has 5 aromatic rings. The molecule has 25 heavy (non-hydrogen) atoms. The van der Waals surface area contributed by atoms with Crippen LogP contribution in [0.5, 0.6) is 0 Å². The first-order chi connectivity index (χ1) is 12.4. The quantitative estimate of drug-likeness (QED) is 0.551. The van der Waals surface area contributed by atoms with Gasteiger partial charge in [0.05, 0.1) is 17.3 Å². The summed E-state index contributed by atoms with van der Waals surface area (Å²) in [7, 11) is 0. The van der Waals surface area contributed by atoms with Gasteiger partial charge in [0.15, 0.2) is 11.3 Å². The van der Waals surface area contributed by atoms with E-state index in [-0.39, 0.29) is 0 Å². The minimum absolute atomic E-state index is 0.521. The highest BCUT2D eigenvalue weighted by Crippen LogP contribution is 2.21. The maximum atomic E-state index is 4.59. The average molecular weight is 327 g/mol. The minimum atomic E-state index is 0.521. The molecule has 0 saturated heterocycles. The van der Waals surface area contributed by atoms with Gasteiger partial charge < -0.3 is 5.32 Å². The summed E-state index contributed by atoms with van der Waals surface area (Å²) < 4.78 is 3.46. The van der Waals surface area contributed by atoms with Crippen LogP contribution in [0.4, 0.5) is 11.6 Å². The summed E-state index contributed by atoms with van der Waals surface area (Å²) in [5.74, 6) is 0.521. The summed E-state index contributed by atoms with van der Waals surface area (Å²) in [5.41, 5.74) is 3.35. The van der Waals surface area contributed by atoms with E-state index in [0.717, 1.165) is 22.4 Å².